The normalized spacial score (nSPS) is 11.6. The number of aromatic nitrogens is 3. The molecule has 1 heterocycles. The van der Waals surface area contributed by atoms with Crippen molar-refractivity contribution in [3.8, 4) is 5.69 Å². The van der Waals surface area contributed by atoms with E-state index in [1.807, 2.05) is 19.1 Å². The lowest BCUT2D eigenvalue weighted by Crippen LogP contribution is -2.05. The van der Waals surface area contributed by atoms with Crippen LogP contribution in [-0.4, -0.2) is 23.4 Å². The fourth-order valence-electron chi connectivity index (χ4n) is 2.23. The van der Waals surface area contributed by atoms with Gasteiger partial charge in [-0.3, -0.25) is 0 Å². The third-order valence-corrected chi connectivity index (χ3v) is 5.75. The van der Waals surface area contributed by atoms with Crippen molar-refractivity contribution in [3.63, 3.8) is 0 Å². The highest BCUT2D eigenvalue weighted by atomic mass is 35.5. The lowest BCUT2D eigenvalue weighted by molar-refractivity contribution is 0.591. The number of aryl methyl sites for hydroxylation is 1. The summed E-state index contributed by atoms with van der Waals surface area (Å²) in [5.41, 5.74) is 2.04. The summed E-state index contributed by atoms with van der Waals surface area (Å²) in [4.78, 5) is 0.192. The lowest BCUT2D eigenvalue weighted by Gasteiger charge is -2.06. The zero-order chi connectivity index (χ0) is 16.6. The van der Waals surface area contributed by atoms with Gasteiger partial charge in [-0.15, -0.1) is 5.10 Å². The highest BCUT2D eigenvalue weighted by Gasteiger charge is 2.25. The second-order valence-corrected chi connectivity index (χ2v) is 7.41. The van der Waals surface area contributed by atoms with Gasteiger partial charge >= 0.3 is 0 Å². The summed E-state index contributed by atoms with van der Waals surface area (Å²) in [6.07, 6.45) is 0. The van der Waals surface area contributed by atoms with Crippen molar-refractivity contribution in [2.45, 2.75) is 23.8 Å². The zero-order valence-electron chi connectivity index (χ0n) is 12.6. The summed E-state index contributed by atoms with van der Waals surface area (Å²) >= 11 is 6.13. The third kappa shape index (κ3) is 2.75. The van der Waals surface area contributed by atoms with Gasteiger partial charge in [0, 0.05) is 5.02 Å². The van der Waals surface area contributed by atoms with Crippen LogP contribution in [0.4, 0.5) is 0 Å². The van der Waals surface area contributed by atoms with Crippen molar-refractivity contribution < 1.29 is 8.42 Å². The lowest BCUT2D eigenvalue weighted by atomic mass is 10.2. The summed E-state index contributed by atoms with van der Waals surface area (Å²) < 4.78 is 26.8. The van der Waals surface area contributed by atoms with Crippen LogP contribution in [0.1, 0.15) is 11.3 Å². The van der Waals surface area contributed by atoms with Crippen LogP contribution in [0.15, 0.2) is 58.5 Å². The molecule has 0 saturated carbocycles. The Balaban J connectivity index is 2.11. The SMILES string of the molecule is Cc1ccc(-n2nnc(S(=O)(=O)c3ccccc3)c2C)cc1Cl. The summed E-state index contributed by atoms with van der Waals surface area (Å²) in [6.45, 7) is 3.56. The van der Waals surface area contributed by atoms with Gasteiger partial charge in [-0.25, -0.2) is 13.1 Å². The van der Waals surface area contributed by atoms with E-state index in [0.29, 0.717) is 16.4 Å². The molecule has 0 aliphatic rings. The molecular weight excluding hydrogens is 334 g/mol. The molecule has 0 aliphatic carbocycles. The number of benzene rings is 2. The fraction of sp³-hybridized carbons (Fsp3) is 0.125. The van der Waals surface area contributed by atoms with E-state index in [9.17, 15) is 8.42 Å². The molecule has 0 bridgehead atoms. The van der Waals surface area contributed by atoms with E-state index in [2.05, 4.69) is 10.3 Å². The Hall–Kier alpha value is -2.18. The van der Waals surface area contributed by atoms with Crippen LogP contribution in [0.3, 0.4) is 0 Å². The Morgan fingerprint density at radius 3 is 2.39 bits per heavy atom. The van der Waals surface area contributed by atoms with Crippen molar-refractivity contribution in [3.05, 3.63) is 64.8 Å². The second-order valence-electron chi connectivity index (χ2n) is 5.14. The topological polar surface area (TPSA) is 64.8 Å². The molecule has 7 heteroatoms. The summed E-state index contributed by atoms with van der Waals surface area (Å²) in [5, 5.41) is 8.38. The number of sulfone groups is 1. The van der Waals surface area contributed by atoms with E-state index in [1.165, 1.54) is 16.8 Å². The highest BCUT2D eigenvalue weighted by Crippen LogP contribution is 2.25. The molecule has 0 aliphatic heterocycles. The Bertz CT molecular complexity index is 966. The molecule has 5 nitrogen and oxygen atoms in total. The predicted molar refractivity (Wildman–Crippen MR) is 87.7 cm³/mol. The Morgan fingerprint density at radius 1 is 1.04 bits per heavy atom. The molecule has 23 heavy (non-hydrogen) atoms. The van der Waals surface area contributed by atoms with Crippen LogP contribution < -0.4 is 0 Å². The van der Waals surface area contributed by atoms with Crippen LogP contribution in [0.25, 0.3) is 5.69 Å². The number of halogens is 1. The predicted octanol–water partition coefficient (Wildman–Crippen LogP) is 3.37. The van der Waals surface area contributed by atoms with E-state index in [4.69, 9.17) is 11.6 Å². The maximum absolute atomic E-state index is 12.7. The van der Waals surface area contributed by atoms with E-state index >= 15 is 0 Å². The van der Waals surface area contributed by atoms with Crippen molar-refractivity contribution in [2.75, 3.05) is 0 Å². The van der Waals surface area contributed by atoms with Crippen molar-refractivity contribution in [2.24, 2.45) is 0 Å². The Morgan fingerprint density at radius 2 is 1.74 bits per heavy atom. The minimum absolute atomic E-state index is 0.0552. The molecule has 0 radical (unpaired) electrons. The number of hydrogen-bond acceptors (Lipinski definition) is 4. The van der Waals surface area contributed by atoms with Gasteiger partial charge in [0.2, 0.25) is 14.9 Å². The molecule has 0 saturated heterocycles. The standard InChI is InChI=1S/C16H14ClN3O2S/c1-11-8-9-13(10-15(11)17)20-12(2)16(18-19-20)23(21,22)14-6-4-3-5-7-14/h3-10H,1-2H3. The van der Waals surface area contributed by atoms with Gasteiger partial charge in [0.1, 0.15) is 0 Å². The quantitative estimate of drug-likeness (QED) is 0.728. The molecule has 0 unspecified atom stereocenters. The van der Waals surface area contributed by atoms with Crippen molar-refractivity contribution >= 4 is 21.4 Å². The Kier molecular flexibility index (Phi) is 3.95. The van der Waals surface area contributed by atoms with E-state index < -0.39 is 9.84 Å². The molecule has 0 atom stereocenters. The van der Waals surface area contributed by atoms with Gasteiger partial charge in [0.25, 0.3) is 0 Å². The molecule has 0 fully saturated rings. The zero-order valence-corrected chi connectivity index (χ0v) is 14.1. The minimum Gasteiger partial charge on any atom is -0.217 e. The molecule has 2 aromatic carbocycles. The molecule has 118 valence electrons. The molecule has 3 aromatic rings. The van der Waals surface area contributed by atoms with E-state index in [1.54, 1.807) is 31.2 Å². The maximum atomic E-state index is 12.7. The van der Waals surface area contributed by atoms with E-state index in [0.717, 1.165) is 5.56 Å². The first kappa shape index (κ1) is 15.7. The smallest absolute Gasteiger partial charge is 0.217 e. The molecule has 3 rings (SSSR count). The largest absolute Gasteiger partial charge is 0.227 e. The van der Waals surface area contributed by atoms with Crippen LogP contribution in [0.5, 0.6) is 0 Å². The average molecular weight is 348 g/mol. The molecule has 0 N–H and O–H groups in total. The van der Waals surface area contributed by atoms with Crippen molar-refractivity contribution in [1.29, 1.82) is 0 Å². The number of hydrogen-bond donors (Lipinski definition) is 0. The summed E-state index contributed by atoms with van der Waals surface area (Å²) in [7, 11) is -3.70. The molecule has 1 aromatic heterocycles. The second kappa shape index (κ2) is 5.79. The van der Waals surface area contributed by atoms with Crippen LogP contribution in [0, 0.1) is 13.8 Å². The first-order chi connectivity index (χ1) is 10.9. The van der Waals surface area contributed by atoms with Crippen LogP contribution in [0.2, 0.25) is 5.02 Å². The summed E-state index contributed by atoms with van der Waals surface area (Å²) in [6, 6.07) is 13.6. The average Bonchev–Trinajstić information content (AvgIpc) is 2.93. The fourth-order valence-corrected chi connectivity index (χ4v) is 3.77. The minimum atomic E-state index is -3.70. The molecular formula is C16H14ClN3O2S. The van der Waals surface area contributed by atoms with Gasteiger partial charge in [0.15, 0.2) is 0 Å². The first-order valence-electron chi connectivity index (χ1n) is 6.90. The maximum Gasteiger partial charge on any atom is 0.227 e. The van der Waals surface area contributed by atoms with Gasteiger partial charge < -0.3 is 0 Å². The number of rotatable bonds is 3. The van der Waals surface area contributed by atoms with Crippen molar-refractivity contribution in [1.82, 2.24) is 15.0 Å². The first-order valence-corrected chi connectivity index (χ1v) is 8.76. The van der Waals surface area contributed by atoms with Gasteiger partial charge in [-0.2, -0.15) is 0 Å². The summed E-state index contributed by atoms with van der Waals surface area (Å²) in [5.74, 6) is 0. The van der Waals surface area contributed by atoms with Gasteiger partial charge in [-0.1, -0.05) is 41.1 Å². The molecule has 0 amide bonds. The highest BCUT2D eigenvalue weighted by molar-refractivity contribution is 7.91. The van der Waals surface area contributed by atoms with Gasteiger partial charge in [0.05, 0.1) is 16.3 Å². The van der Waals surface area contributed by atoms with E-state index in [-0.39, 0.29) is 9.92 Å². The van der Waals surface area contributed by atoms with Gasteiger partial charge in [-0.05, 0) is 43.7 Å². The third-order valence-electron chi connectivity index (χ3n) is 3.56. The monoisotopic (exact) mass is 347 g/mol. The Labute approximate surface area is 139 Å². The number of nitrogens with zero attached hydrogens (tertiary/aromatic N) is 3. The van der Waals surface area contributed by atoms with Crippen LogP contribution >= 0.6 is 11.6 Å². The van der Waals surface area contributed by atoms with Crippen LogP contribution in [-0.2, 0) is 9.84 Å². The molecule has 0 spiro atoms.